The number of rotatable bonds is 12. The second-order valence-corrected chi connectivity index (χ2v) is 11.2. The highest BCUT2D eigenvalue weighted by Gasteiger charge is 2.29. The first-order valence-corrected chi connectivity index (χ1v) is 14.9. The molecule has 1 atom stereocenters. The summed E-state index contributed by atoms with van der Waals surface area (Å²) in [5.74, 6) is 1.10. The first-order chi connectivity index (χ1) is 21.7. The zero-order valence-electron chi connectivity index (χ0n) is 26.1. The average Bonchev–Trinajstić information content (AvgIpc) is 3.05. The van der Waals surface area contributed by atoms with E-state index in [1.165, 1.54) is 4.90 Å². The Balaban J connectivity index is 1.53. The largest absolute Gasteiger partial charge is 0.493 e. The number of alkyl carbamates (subject to hydrolysis) is 1. The number of methoxy groups -OCH3 is 2. The zero-order valence-corrected chi connectivity index (χ0v) is 26.1. The van der Waals surface area contributed by atoms with Crippen molar-refractivity contribution in [3.63, 3.8) is 0 Å². The number of carbonyl (C=O) groups is 3. The second-order valence-electron chi connectivity index (χ2n) is 11.2. The van der Waals surface area contributed by atoms with Crippen LogP contribution in [0, 0.1) is 5.92 Å². The first-order valence-electron chi connectivity index (χ1n) is 14.9. The highest BCUT2D eigenvalue weighted by Crippen LogP contribution is 2.32. The number of nitrogens with zero attached hydrogens (tertiary/aromatic N) is 1. The van der Waals surface area contributed by atoms with Gasteiger partial charge in [0.05, 0.1) is 14.2 Å². The van der Waals surface area contributed by atoms with Gasteiger partial charge in [0.2, 0.25) is 0 Å². The normalized spacial score (nSPS) is 13.9. The molecule has 0 bridgehead atoms. The first kappa shape index (κ1) is 33.0. The van der Waals surface area contributed by atoms with Crippen LogP contribution in [-0.2, 0) is 17.9 Å². The lowest BCUT2D eigenvalue weighted by Gasteiger charge is -2.31. The minimum absolute atomic E-state index is 0.168. The third-order valence-electron chi connectivity index (χ3n) is 7.65. The Labute approximate surface area is 263 Å². The number of nitrogens with one attached hydrogen (secondary N) is 2. The molecule has 1 saturated heterocycles. The molecule has 0 aromatic heterocycles. The summed E-state index contributed by atoms with van der Waals surface area (Å²) in [5.41, 5.74) is 2.65. The molecule has 3 N–H and O–H groups in total. The lowest BCUT2D eigenvalue weighted by molar-refractivity contribution is 0.0636. The van der Waals surface area contributed by atoms with E-state index in [-0.39, 0.29) is 24.4 Å². The molecule has 45 heavy (non-hydrogen) atoms. The van der Waals surface area contributed by atoms with E-state index in [1.54, 1.807) is 44.6 Å². The molecular weight excluding hydrogens is 578 g/mol. The molecule has 0 saturated carbocycles. The molecule has 4 rings (SSSR count). The van der Waals surface area contributed by atoms with Gasteiger partial charge in [-0.1, -0.05) is 56.3 Å². The number of ether oxygens (including phenoxy) is 4. The molecule has 1 aliphatic rings. The molecular formula is C34H41N3O8. The Morgan fingerprint density at radius 3 is 2.27 bits per heavy atom. The average molecular weight is 620 g/mol. The molecule has 3 amide bonds. The molecule has 240 valence electrons. The van der Waals surface area contributed by atoms with Crippen molar-refractivity contribution in [2.75, 3.05) is 27.3 Å². The third-order valence-corrected chi connectivity index (χ3v) is 7.65. The van der Waals surface area contributed by atoms with Crippen LogP contribution in [-0.4, -0.2) is 61.5 Å². The van der Waals surface area contributed by atoms with Crippen molar-refractivity contribution < 1.29 is 38.4 Å². The highest BCUT2D eigenvalue weighted by atomic mass is 16.6. The predicted molar refractivity (Wildman–Crippen MR) is 168 cm³/mol. The molecule has 0 radical (unpaired) electrons. The molecule has 0 spiro atoms. The van der Waals surface area contributed by atoms with Gasteiger partial charge in [-0.2, -0.15) is 0 Å². The number of carboxylic acid groups (broad SMARTS) is 1. The van der Waals surface area contributed by atoms with Crippen LogP contribution in [0.3, 0.4) is 0 Å². The number of carbonyl (C=O) groups excluding carboxylic acids is 2. The van der Waals surface area contributed by atoms with Crippen LogP contribution in [0.2, 0.25) is 0 Å². The number of benzene rings is 3. The maximum absolute atomic E-state index is 13.7. The Bertz CT molecular complexity index is 1460. The minimum Gasteiger partial charge on any atom is -0.493 e. The van der Waals surface area contributed by atoms with Crippen molar-refractivity contribution in [1.29, 1.82) is 0 Å². The predicted octanol–water partition coefficient (Wildman–Crippen LogP) is 5.78. The van der Waals surface area contributed by atoms with Crippen LogP contribution in [0.25, 0.3) is 0 Å². The fourth-order valence-electron chi connectivity index (χ4n) is 5.17. The van der Waals surface area contributed by atoms with E-state index in [2.05, 4.69) is 10.6 Å². The van der Waals surface area contributed by atoms with Crippen molar-refractivity contribution in [2.45, 2.75) is 52.0 Å². The van der Waals surface area contributed by atoms with Crippen molar-refractivity contribution in [1.82, 2.24) is 15.5 Å². The Morgan fingerprint density at radius 1 is 0.911 bits per heavy atom. The molecule has 3 aromatic rings. The van der Waals surface area contributed by atoms with Crippen LogP contribution in [0.1, 0.15) is 59.8 Å². The van der Waals surface area contributed by atoms with Gasteiger partial charge in [0.25, 0.3) is 5.91 Å². The lowest BCUT2D eigenvalue weighted by Crippen LogP contribution is -2.46. The fourth-order valence-corrected chi connectivity index (χ4v) is 5.17. The third kappa shape index (κ3) is 9.04. The van der Waals surface area contributed by atoms with Gasteiger partial charge in [-0.25, -0.2) is 9.59 Å². The molecule has 11 heteroatoms. The molecule has 3 aromatic carbocycles. The summed E-state index contributed by atoms with van der Waals surface area (Å²) in [5, 5.41) is 15.0. The summed E-state index contributed by atoms with van der Waals surface area (Å²) in [7, 11) is 3.11. The molecule has 1 heterocycles. The maximum atomic E-state index is 13.7. The second kappa shape index (κ2) is 15.7. The van der Waals surface area contributed by atoms with E-state index >= 15 is 0 Å². The number of hydrogen-bond donors (Lipinski definition) is 3. The van der Waals surface area contributed by atoms with Crippen molar-refractivity contribution in [2.24, 2.45) is 5.92 Å². The Hall–Kier alpha value is -4.93. The standard InChI is InChI=1S/C34H41N3O8/c1-22(2)31(45-33(39)36-25-14-16-37(17-15-25)34(40)41)27-12-11-26(44-21-23-8-6-5-7-9-23)19-28(27)32(38)35-20-24-10-13-29(42-3)30(18-24)43-4/h5-13,18-19,22,25,31H,14-17,20-21H2,1-4H3,(H,35,38)(H,36,39)(H,40,41). The van der Waals surface area contributed by atoms with Crippen molar-refractivity contribution >= 4 is 18.1 Å². The number of likely N-dealkylation sites (tertiary alicyclic amines) is 1. The summed E-state index contributed by atoms with van der Waals surface area (Å²) in [6.45, 7) is 5.03. The van der Waals surface area contributed by atoms with E-state index in [0.29, 0.717) is 60.9 Å². The minimum atomic E-state index is -0.968. The van der Waals surface area contributed by atoms with Gasteiger partial charge in [-0.15, -0.1) is 0 Å². The summed E-state index contributed by atoms with van der Waals surface area (Å²) >= 11 is 0. The van der Waals surface area contributed by atoms with Crippen LogP contribution in [0.15, 0.2) is 66.7 Å². The van der Waals surface area contributed by atoms with Gasteiger partial charge in [-0.05, 0) is 54.2 Å². The topological polar surface area (TPSA) is 136 Å². The Morgan fingerprint density at radius 2 is 1.62 bits per heavy atom. The number of piperidine rings is 1. The molecule has 1 fully saturated rings. The number of amides is 3. The maximum Gasteiger partial charge on any atom is 0.407 e. The lowest BCUT2D eigenvalue weighted by atomic mass is 9.93. The van der Waals surface area contributed by atoms with Crippen molar-refractivity contribution in [3.05, 3.63) is 89.0 Å². The molecule has 1 aliphatic heterocycles. The Kier molecular flexibility index (Phi) is 11.5. The van der Waals surface area contributed by atoms with Gasteiger partial charge >= 0.3 is 12.2 Å². The molecule has 0 aliphatic carbocycles. The monoisotopic (exact) mass is 619 g/mol. The summed E-state index contributed by atoms with van der Waals surface area (Å²) in [6, 6.07) is 20.1. The number of hydrogen-bond acceptors (Lipinski definition) is 7. The van der Waals surface area contributed by atoms with Crippen LogP contribution in [0.4, 0.5) is 9.59 Å². The van der Waals surface area contributed by atoms with Gasteiger partial charge in [-0.3, -0.25) is 4.79 Å². The van der Waals surface area contributed by atoms with E-state index in [4.69, 9.17) is 18.9 Å². The zero-order chi connectivity index (χ0) is 32.3. The molecule has 11 nitrogen and oxygen atoms in total. The van der Waals surface area contributed by atoms with Crippen LogP contribution in [0.5, 0.6) is 17.2 Å². The van der Waals surface area contributed by atoms with Gasteiger partial charge in [0, 0.05) is 36.8 Å². The fraction of sp³-hybridized carbons (Fsp3) is 0.382. The van der Waals surface area contributed by atoms with Crippen molar-refractivity contribution in [3.8, 4) is 17.2 Å². The summed E-state index contributed by atoms with van der Waals surface area (Å²) < 4.78 is 22.7. The SMILES string of the molecule is COc1ccc(CNC(=O)c2cc(OCc3ccccc3)ccc2C(OC(=O)NC2CCN(C(=O)O)CC2)C(C)C)cc1OC. The smallest absolute Gasteiger partial charge is 0.407 e. The van der Waals surface area contributed by atoms with Crippen LogP contribution >= 0.6 is 0 Å². The van der Waals surface area contributed by atoms with Gasteiger partial charge < -0.3 is 39.6 Å². The van der Waals surface area contributed by atoms with Gasteiger partial charge in [0.15, 0.2) is 11.5 Å². The van der Waals surface area contributed by atoms with E-state index in [9.17, 15) is 19.5 Å². The summed E-state index contributed by atoms with van der Waals surface area (Å²) in [6.07, 6.45) is -1.35. The van der Waals surface area contributed by atoms with E-state index in [0.717, 1.165) is 11.1 Å². The van der Waals surface area contributed by atoms with E-state index < -0.39 is 18.3 Å². The molecule has 1 unspecified atom stereocenters. The van der Waals surface area contributed by atoms with Gasteiger partial charge in [0.1, 0.15) is 18.5 Å². The van der Waals surface area contributed by atoms with E-state index in [1.807, 2.05) is 50.2 Å². The summed E-state index contributed by atoms with van der Waals surface area (Å²) in [4.78, 5) is 39.3. The quantitative estimate of drug-likeness (QED) is 0.232. The highest BCUT2D eigenvalue weighted by molar-refractivity contribution is 5.96. The van der Waals surface area contributed by atoms with Crippen LogP contribution < -0.4 is 24.8 Å².